The highest BCUT2D eigenvalue weighted by atomic mass is 19.1. The van der Waals surface area contributed by atoms with Crippen LogP contribution in [0.4, 0.5) is 4.39 Å². The minimum atomic E-state index is -0.589. The number of ether oxygens (including phenoxy) is 2. The first kappa shape index (κ1) is 22.6. The molecule has 3 unspecified atom stereocenters. The fourth-order valence-corrected chi connectivity index (χ4v) is 5.65. The summed E-state index contributed by atoms with van der Waals surface area (Å²) in [4.78, 5) is 27.6. The third-order valence-corrected chi connectivity index (χ3v) is 7.43. The SMILES string of the molecule is O=C(Cc1nc2c(CF)cccc2[nH]1)NC1CN(C2CCOC2)C[C@@H]1OC1CCc2cccnc21. The first-order valence-corrected chi connectivity index (χ1v) is 12.4. The van der Waals surface area contributed by atoms with Crippen LogP contribution in [-0.2, 0) is 33.8 Å². The van der Waals surface area contributed by atoms with Crippen LogP contribution in [0.2, 0.25) is 0 Å². The lowest BCUT2D eigenvalue weighted by Gasteiger charge is -2.24. The molecular formula is C26H30FN5O3. The van der Waals surface area contributed by atoms with Crippen molar-refractivity contribution in [1.29, 1.82) is 0 Å². The second-order valence-electron chi connectivity index (χ2n) is 9.70. The molecule has 4 heterocycles. The van der Waals surface area contributed by atoms with Gasteiger partial charge < -0.3 is 19.8 Å². The maximum absolute atomic E-state index is 13.3. The molecule has 2 N–H and O–H groups in total. The largest absolute Gasteiger partial charge is 0.380 e. The Morgan fingerprint density at radius 2 is 2.20 bits per heavy atom. The van der Waals surface area contributed by atoms with Gasteiger partial charge >= 0.3 is 0 Å². The van der Waals surface area contributed by atoms with Crippen LogP contribution in [0.15, 0.2) is 36.5 Å². The number of carbonyl (C=O) groups excluding carboxylic acids is 1. The number of carbonyl (C=O) groups is 1. The number of imidazole rings is 1. The second-order valence-corrected chi connectivity index (χ2v) is 9.70. The smallest absolute Gasteiger partial charge is 0.227 e. The molecule has 1 aromatic carbocycles. The average molecular weight is 480 g/mol. The zero-order valence-corrected chi connectivity index (χ0v) is 19.6. The van der Waals surface area contributed by atoms with Crippen molar-refractivity contribution >= 4 is 16.9 Å². The van der Waals surface area contributed by atoms with E-state index in [4.69, 9.17) is 9.47 Å². The van der Waals surface area contributed by atoms with Gasteiger partial charge in [-0.3, -0.25) is 14.7 Å². The summed E-state index contributed by atoms with van der Waals surface area (Å²) in [7, 11) is 0. The predicted molar refractivity (Wildman–Crippen MR) is 128 cm³/mol. The van der Waals surface area contributed by atoms with Crippen molar-refractivity contribution in [2.24, 2.45) is 0 Å². The number of nitrogens with zero attached hydrogens (tertiary/aromatic N) is 3. The number of aromatic amines is 1. The molecule has 0 radical (unpaired) electrons. The van der Waals surface area contributed by atoms with Crippen LogP contribution in [0.5, 0.6) is 0 Å². The highest BCUT2D eigenvalue weighted by molar-refractivity contribution is 5.82. The Kier molecular flexibility index (Phi) is 6.22. The summed E-state index contributed by atoms with van der Waals surface area (Å²) in [6, 6.07) is 9.65. The minimum Gasteiger partial charge on any atom is -0.380 e. The molecule has 1 aliphatic carbocycles. The van der Waals surface area contributed by atoms with Gasteiger partial charge in [0.15, 0.2) is 0 Å². The molecule has 3 aliphatic rings. The summed E-state index contributed by atoms with van der Waals surface area (Å²) in [5, 5.41) is 3.20. The molecule has 6 rings (SSSR count). The second kappa shape index (κ2) is 9.64. The standard InChI is InChI=1S/C26H30FN5O3/c27-12-17-3-1-5-19-25(17)31-23(29-19)11-24(33)30-20-13-32(18-8-10-34-15-18)14-22(20)35-21-7-6-16-4-2-9-28-26(16)21/h1-5,9,18,20-22H,6-8,10-15H2,(H,29,31)(H,30,33)/t18?,20?,21?,22-/m0/s1. The Labute approximate surface area is 203 Å². The number of benzene rings is 1. The van der Waals surface area contributed by atoms with Gasteiger partial charge in [-0.05, 0) is 37.0 Å². The number of aromatic nitrogens is 3. The fourth-order valence-electron chi connectivity index (χ4n) is 5.65. The van der Waals surface area contributed by atoms with Gasteiger partial charge in [0.1, 0.15) is 18.6 Å². The van der Waals surface area contributed by atoms with Crippen LogP contribution in [-0.4, -0.2) is 70.2 Å². The summed E-state index contributed by atoms with van der Waals surface area (Å²) < 4.78 is 25.5. The number of likely N-dealkylation sites (tertiary alicyclic amines) is 1. The van der Waals surface area contributed by atoms with Crippen molar-refractivity contribution in [3.63, 3.8) is 0 Å². The molecule has 3 aromatic rings. The number of aryl methyl sites for hydroxylation is 1. The van der Waals surface area contributed by atoms with Crippen molar-refractivity contribution in [3.8, 4) is 0 Å². The lowest BCUT2D eigenvalue weighted by molar-refractivity contribution is -0.122. The molecule has 2 aliphatic heterocycles. The number of halogens is 1. The zero-order valence-electron chi connectivity index (χ0n) is 19.6. The van der Waals surface area contributed by atoms with Crippen molar-refractivity contribution in [1.82, 2.24) is 25.2 Å². The van der Waals surface area contributed by atoms with E-state index in [1.807, 2.05) is 18.3 Å². The number of rotatable bonds is 7. The molecule has 184 valence electrons. The first-order valence-electron chi connectivity index (χ1n) is 12.4. The third-order valence-electron chi connectivity index (χ3n) is 7.43. The van der Waals surface area contributed by atoms with Gasteiger partial charge in [-0.2, -0.15) is 0 Å². The van der Waals surface area contributed by atoms with Gasteiger partial charge in [0.2, 0.25) is 5.91 Å². The van der Waals surface area contributed by atoms with Gasteiger partial charge in [0.05, 0.1) is 41.9 Å². The van der Waals surface area contributed by atoms with E-state index < -0.39 is 6.67 Å². The Bertz CT molecular complexity index is 1210. The molecule has 4 atom stereocenters. The van der Waals surface area contributed by atoms with Crippen LogP contribution in [0.25, 0.3) is 11.0 Å². The van der Waals surface area contributed by atoms with Crippen molar-refractivity contribution in [2.45, 2.75) is 56.6 Å². The van der Waals surface area contributed by atoms with E-state index in [0.29, 0.717) is 22.9 Å². The maximum Gasteiger partial charge on any atom is 0.227 e. The summed E-state index contributed by atoms with van der Waals surface area (Å²) in [5.74, 6) is 0.405. The first-order chi connectivity index (χ1) is 17.2. The van der Waals surface area contributed by atoms with E-state index in [1.54, 1.807) is 12.1 Å². The molecule has 2 fully saturated rings. The highest BCUT2D eigenvalue weighted by Crippen LogP contribution is 2.35. The van der Waals surface area contributed by atoms with Crippen LogP contribution < -0.4 is 5.32 Å². The van der Waals surface area contributed by atoms with E-state index in [2.05, 4.69) is 31.2 Å². The van der Waals surface area contributed by atoms with Crippen LogP contribution >= 0.6 is 0 Å². The van der Waals surface area contributed by atoms with E-state index in [1.165, 1.54) is 5.56 Å². The number of nitrogens with one attached hydrogen (secondary N) is 2. The van der Waals surface area contributed by atoms with Gasteiger partial charge in [-0.1, -0.05) is 18.2 Å². The quantitative estimate of drug-likeness (QED) is 0.541. The number of para-hydroxylation sites is 1. The van der Waals surface area contributed by atoms with Crippen LogP contribution in [0.1, 0.15) is 41.6 Å². The molecule has 0 bridgehead atoms. The van der Waals surface area contributed by atoms with E-state index in [-0.39, 0.29) is 30.6 Å². The third kappa shape index (κ3) is 4.55. The van der Waals surface area contributed by atoms with Crippen LogP contribution in [0.3, 0.4) is 0 Å². The summed E-state index contributed by atoms with van der Waals surface area (Å²) >= 11 is 0. The Hall–Kier alpha value is -2.88. The summed E-state index contributed by atoms with van der Waals surface area (Å²) in [6.07, 6.45) is 4.60. The summed E-state index contributed by atoms with van der Waals surface area (Å²) in [6.45, 7) is 2.38. The highest BCUT2D eigenvalue weighted by Gasteiger charge is 2.41. The maximum atomic E-state index is 13.3. The number of hydrogen-bond acceptors (Lipinski definition) is 6. The van der Waals surface area contributed by atoms with Gasteiger partial charge in [0.25, 0.3) is 0 Å². The van der Waals surface area contributed by atoms with Crippen LogP contribution in [0, 0.1) is 0 Å². The molecule has 2 saturated heterocycles. The molecule has 8 nitrogen and oxygen atoms in total. The van der Waals surface area contributed by atoms with Crippen molar-refractivity contribution in [3.05, 3.63) is 59.2 Å². The number of amides is 1. The fraction of sp³-hybridized carbons (Fsp3) is 0.500. The Morgan fingerprint density at radius 1 is 1.26 bits per heavy atom. The molecular weight excluding hydrogens is 449 g/mol. The predicted octanol–water partition coefficient (Wildman–Crippen LogP) is 2.63. The normalized spacial score (nSPS) is 26.4. The number of fused-ring (bicyclic) bond motifs is 2. The lowest BCUT2D eigenvalue weighted by atomic mass is 10.2. The number of pyridine rings is 1. The van der Waals surface area contributed by atoms with E-state index >= 15 is 0 Å². The molecule has 0 saturated carbocycles. The van der Waals surface area contributed by atoms with Crippen molar-refractivity contribution < 1.29 is 18.7 Å². The van der Waals surface area contributed by atoms with Gasteiger partial charge in [0, 0.05) is 37.5 Å². The topological polar surface area (TPSA) is 92.4 Å². The number of hydrogen-bond donors (Lipinski definition) is 2. The van der Waals surface area contributed by atoms with Gasteiger partial charge in [-0.15, -0.1) is 0 Å². The Balaban J connectivity index is 1.16. The zero-order chi connectivity index (χ0) is 23.8. The molecule has 2 aromatic heterocycles. The minimum absolute atomic E-state index is 0.0510. The summed E-state index contributed by atoms with van der Waals surface area (Å²) in [5.41, 5.74) is 4.11. The van der Waals surface area contributed by atoms with Gasteiger partial charge in [-0.25, -0.2) is 9.37 Å². The average Bonchev–Trinajstić information content (AvgIpc) is 3.66. The lowest BCUT2D eigenvalue weighted by Crippen LogP contribution is -2.45. The van der Waals surface area contributed by atoms with E-state index in [9.17, 15) is 9.18 Å². The molecule has 0 spiro atoms. The Morgan fingerprint density at radius 3 is 3.06 bits per heavy atom. The molecule has 9 heteroatoms. The van der Waals surface area contributed by atoms with E-state index in [0.717, 1.165) is 56.8 Å². The number of alkyl halides is 1. The van der Waals surface area contributed by atoms with Crippen molar-refractivity contribution in [2.75, 3.05) is 26.3 Å². The number of H-pyrrole nitrogens is 1. The monoisotopic (exact) mass is 479 g/mol. The molecule has 1 amide bonds. The molecule has 35 heavy (non-hydrogen) atoms.